The number of hydrogen-bond donors (Lipinski definition) is 1. The molecule has 0 saturated heterocycles. The van der Waals surface area contributed by atoms with Gasteiger partial charge in [0.15, 0.2) is 0 Å². The zero-order valence-electron chi connectivity index (χ0n) is 11.2. The molecule has 2 nitrogen and oxygen atoms in total. The fourth-order valence-electron chi connectivity index (χ4n) is 2.82. The van der Waals surface area contributed by atoms with Gasteiger partial charge >= 0.3 is 0 Å². The Bertz CT molecular complexity index is 386. The second-order valence-corrected chi connectivity index (χ2v) is 5.85. The molecule has 0 aromatic heterocycles. The Morgan fingerprint density at radius 3 is 2.72 bits per heavy atom. The van der Waals surface area contributed by atoms with E-state index in [0.29, 0.717) is 0 Å². The van der Waals surface area contributed by atoms with E-state index in [-0.39, 0.29) is 0 Å². The summed E-state index contributed by atoms with van der Waals surface area (Å²) in [6.45, 7) is 1.06. The lowest BCUT2D eigenvalue weighted by molar-refractivity contribution is 0.341. The highest BCUT2D eigenvalue weighted by atomic mass is 35.5. The van der Waals surface area contributed by atoms with Crippen molar-refractivity contribution < 1.29 is 0 Å². The zero-order valence-corrected chi connectivity index (χ0v) is 11.9. The maximum absolute atomic E-state index is 6.03. The lowest BCUT2D eigenvalue weighted by atomic mass is 9.87. The van der Waals surface area contributed by atoms with E-state index >= 15 is 0 Å². The first-order valence-electron chi connectivity index (χ1n) is 6.93. The maximum atomic E-state index is 6.03. The topological polar surface area (TPSA) is 29.3 Å². The molecule has 0 unspecified atom stereocenters. The van der Waals surface area contributed by atoms with E-state index in [0.717, 1.165) is 28.9 Å². The van der Waals surface area contributed by atoms with Gasteiger partial charge in [-0.3, -0.25) is 0 Å². The molecule has 1 aliphatic carbocycles. The van der Waals surface area contributed by atoms with Crippen LogP contribution >= 0.6 is 11.6 Å². The molecule has 3 heteroatoms. The van der Waals surface area contributed by atoms with Crippen LogP contribution in [0.1, 0.15) is 38.5 Å². The number of benzene rings is 1. The highest BCUT2D eigenvalue weighted by Crippen LogP contribution is 2.29. The van der Waals surface area contributed by atoms with E-state index in [2.05, 4.69) is 11.9 Å². The van der Waals surface area contributed by atoms with Gasteiger partial charge in [-0.15, -0.1) is 0 Å². The van der Waals surface area contributed by atoms with Gasteiger partial charge in [0.1, 0.15) is 0 Å². The minimum Gasteiger partial charge on any atom is -0.397 e. The van der Waals surface area contributed by atoms with Gasteiger partial charge in [0.25, 0.3) is 0 Å². The standard InChI is InChI=1S/C15H23ClN2/c1-18(10-9-12-5-3-2-4-6-12)15-11-13(16)7-8-14(15)17/h7-8,11-12H,2-6,9-10,17H2,1H3. The fourth-order valence-corrected chi connectivity index (χ4v) is 2.99. The van der Waals surface area contributed by atoms with E-state index in [1.165, 1.54) is 38.5 Å². The van der Waals surface area contributed by atoms with E-state index in [4.69, 9.17) is 17.3 Å². The lowest BCUT2D eigenvalue weighted by Crippen LogP contribution is -2.22. The molecule has 1 aliphatic rings. The smallest absolute Gasteiger partial charge is 0.0612 e. The molecule has 0 atom stereocenters. The zero-order chi connectivity index (χ0) is 13.0. The molecule has 0 spiro atoms. The number of nitrogens with two attached hydrogens (primary N) is 1. The summed E-state index contributed by atoms with van der Waals surface area (Å²) in [5.74, 6) is 0.904. The van der Waals surface area contributed by atoms with Crippen LogP contribution < -0.4 is 10.6 Å². The van der Waals surface area contributed by atoms with Gasteiger partial charge < -0.3 is 10.6 Å². The third kappa shape index (κ3) is 3.55. The van der Waals surface area contributed by atoms with Crippen LogP contribution in [-0.2, 0) is 0 Å². The van der Waals surface area contributed by atoms with Crippen molar-refractivity contribution in [1.82, 2.24) is 0 Å². The quantitative estimate of drug-likeness (QED) is 0.822. The summed E-state index contributed by atoms with van der Waals surface area (Å²) in [7, 11) is 2.10. The summed E-state index contributed by atoms with van der Waals surface area (Å²) < 4.78 is 0. The van der Waals surface area contributed by atoms with Crippen LogP contribution in [0.15, 0.2) is 18.2 Å². The van der Waals surface area contributed by atoms with Crippen LogP contribution in [0.4, 0.5) is 11.4 Å². The molecule has 100 valence electrons. The second-order valence-electron chi connectivity index (χ2n) is 5.42. The third-order valence-corrected chi connectivity index (χ3v) is 4.24. The lowest BCUT2D eigenvalue weighted by Gasteiger charge is -2.26. The minimum atomic E-state index is 0.753. The highest BCUT2D eigenvalue weighted by Gasteiger charge is 2.14. The normalized spacial score (nSPS) is 16.8. The number of rotatable bonds is 4. The van der Waals surface area contributed by atoms with Gasteiger partial charge in [-0.1, -0.05) is 43.7 Å². The first kappa shape index (κ1) is 13.5. The van der Waals surface area contributed by atoms with Gasteiger partial charge in [0, 0.05) is 18.6 Å². The van der Waals surface area contributed by atoms with Crippen LogP contribution in [0.5, 0.6) is 0 Å². The van der Waals surface area contributed by atoms with E-state index in [1.54, 1.807) is 0 Å². The molecule has 1 saturated carbocycles. The Labute approximate surface area is 115 Å². The highest BCUT2D eigenvalue weighted by molar-refractivity contribution is 6.31. The number of anilines is 2. The van der Waals surface area contributed by atoms with Crippen molar-refractivity contribution in [1.29, 1.82) is 0 Å². The molecule has 0 heterocycles. The molecule has 1 fully saturated rings. The Morgan fingerprint density at radius 1 is 1.28 bits per heavy atom. The minimum absolute atomic E-state index is 0.753. The van der Waals surface area contributed by atoms with Gasteiger partial charge in [-0.05, 0) is 30.5 Å². The molecule has 0 radical (unpaired) electrons. The van der Waals surface area contributed by atoms with E-state index < -0.39 is 0 Å². The SMILES string of the molecule is CN(CCC1CCCCC1)c1cc(Cl)ccc1N. The van der Waals surface area contributed by atoms with Crippen LogP contribution in [0.3, 0.4) is 0 Å². The first-order valence-corrected chi connectivity index (χ1v) is 7.31. The third-order valence-electron chi connectivity index (χ3n) is 4.00. The fraction of sp³-hybridized carbons (Fsp3) is 0.600. The van der Waals surface area contributed by atoms with Crippen LogP contribution in [0.25, 0.3) is 0 Å². The van der Waals surface area contributed by atoms with Crippen molar-refractivity contribution in [3.8, 4) is 0 Å². The molecular formula is C15H23ClN2. The maximum Gasteiger partial charge on any atom is 0.0612 e. The van der Waals surface area contributed by atoms with Gasteiger partial charge in [-0.25, -0.2) is 0 Å². The summed E-state index contributed by atoms with van der Waals surface area (Å²) in [6, 6.07) is 5.68. The average Bonchev–Trinajstić information content (AvgIpc) is 2.40. The Kier molecular flexibility index (Phi) is 4.76. The molecule has 0 bridgehead atoms. The van der Waals surface area contributed by atoms with E-state index in [9.17, 15) is 0 Å². The summed E-state index contributed by atoms with van der Waals surface area (Å²) >= 11 is 6.03. The number of nitrogens with zero attached hydrogens (tertiary/aromatic N) is 1. The predicted molar refractivity (Wildman–Crippen MR) is 80.3 cm³/mol. The first-order chi connectivity index (χ1) is 8.66. The van der Waals surface area contributed by atoms with Crippen LogP contribution in [0, 0.1) is 5.92 Å². The van der Waals surface area contributed by atoms with Gasteiger partial charge in [-0.2, -0.15) is 0 Å². The number of hydrogen-bond acceptors (Lipinski definition) is 2. The molecule has 0 amide bonds. The van der Waals surface area contributed by atoms with Crippen LogP contribution in [-0.4, -0.2) is 13.6 Å². The molecular weight excluding hydrogens is 244 g/mol. The Hall–Kier alpha value is -0.890. The second kappa shape index (κ2) is 6.33. The van der Waals surface area contributed by atoms with Crippen molar-refractivity contribution in [3.63, 3.8) is 0 Å². The van der Waals surface area contributed by atoms with Crippen molar-refractivity contribution in [3.05, 3.63) is 23.2 Å². The van der Waals surface area contributed by atoms with Gasteiger partial charge in [0.2, 0.25) is 0 Å². The molecule has 0 aliphatic heterocycles. The predicted octanol–water partition coefficient (Wildman–Crippen LogP) is 4.33. The molecule has 1 aromatic rings. The molecule has 18 heavy (non-hydrogen) atoms. The molecule has 2 rings (SSSR count). The largest absolute Gasteiger partial charge is 0.397 e. The summed E-state index contributed by atoms with van der Waals surface area (Å²) in [6.07, 6.45) is 8.31. The van der Waals surface area contributed by atoms with Crippen molar-refractivity contribution >= 4 is 23.0 Å². The summed E-state index contributed by atoms with van der Waals surface area (Å²) in [5.41, 5.74) is 7.86. The van der Waals surface area contributed by atoms with Crippen LogP contribution in [0.2, 0.25) is 5.02 Å². The Morgan fingerprint density at radius 2 is 2.00 bits per heavy atom. The van der Waals surface area contributed by atoms with Crippen molar-refractivity contribution in [2.45, 2.75) is 38.5 Å². The average molecular weight is 267 g/mol. The molecule has 1 aromatic carbocycles. The number of halogens is 1. The molecule has 2 N–H and O–H groups in total. The van der Waals surface area contributed by atoms with Crippen molar-refractivity contribution in [2.24, 2.45) is 5.92 Å². The summed E-state index contributed by atoms with van der Waals surface area (Å²) in [5, 5.41) is 0.753. The summed E-state index contributed by atoms with van der Waals surface area (Å²) in [4.78, 5) is 2.23. The Balaban J connectivity index is 1.90. The van der Waals surface area contributed by atoms with Crippen molar-refractivity contribution in [2.75, 3.05) is 24.2 Å². The van der Waals surface area contributed by atoms with Gasteiger partial charge in [0.05, 0.1) is 11.4 Å². The number of nitrogen functional groups attached to an aromatic ring is 1. The van der Waals surface area contributed by atoms with E-state index in [1.807, 2.05) is 18.2 Å². The monoisotopic (exact) mass is 266 g/mol.